The molecule has 5 rings (SSSR count). The molecule has 1 aromatic carbocycles. The molecule has 2 saturated heterocycles. The number of nitrogens with one attached hydrogen (secondary N) is 2. The number of anilines is 3. The van der Waals surface area contributed by atoms with Crippen LogP contribution in [0.3, 0.4) is 0 Å². The van der Waals surface area contributed by atoms with E-state index < -0.39 is 0 Å². The largest absolute Gasteiger partial charge is 0.361 e. The van der Waals surface area contributed by atoms with E-state index in [4.69, 9.17) is 22.2 Å². The van der Waals surface area contributed by atoms with Crippen LogP contribution in [0.2, 0.25) is 0 Å². The highest BCUT2D eigenvalue weighted by Gasteiger charge is 2.35. The zero-order chi connectivity index (χ0) is 25.8. The van der Waals surface area contributed by atoms with Crippen molar-refractivity contribution in [2.45, 2.75) is 70.6 Å². The van der Waals surface area contributed by atoms with Crippen LogP contribution in [0.25, 0.3) is 0 Å². The molecule has 0 unspecified atom stereocenters. The summed E-state index contributed by atoms with van der Waals surface area (Å²) in [7, 11) is 0. The van der Waals surface area contributed by atoms with Crippen LogP contribution in [-0.4, -0.2) is 47.8 Å². The number of halogens is 1. The average Bonchev–Trinajstić information content (AvgIpc) is 3.38. The predicted octanol–water partition coefficient (Wildman–Crippen LogP) is 5.89. The van der Waals surface area contributed by atoms with E-state index in [1.807, 2.05) is 12.1 Å². The zero-order valence-corrected chi connectivity index (χ0v) is 23.1. The van der Waals surface area contributed by atoms with Gasteiger partial charge in [0.15, 0.2) is 5.11 Å². The van der Waals surface area contributed by atoms with E-state index in [2.05, 4.69) is 40.3 Å². The van der Waals surface area contributed by atoms with Crippen LogP contribution >= 0.6 is 12.2 Å². The molecule has 37 heavy (non-hydrogen) atoms. The van der Waals surface area contributed by atoms with Crippen LogP contribution < -0.4 is 20.4 Å². The van der Waals surface area contributed by atoms with Gasteiger partial charge in [0.1, 0.15) is 17.5 Å². The quantitative estimate of drug-likeness (QED) is 0.457. The molecular weight excluding hydrogens is 483 g/mol. The van der Waals surface area contributed by atoms with E-state index in [0.717, 1.165) is 50.7 Å². The molecule has 0 amide bonds. The Hall–Kier alpha value is -2.48. The number of thiocarbonyl (C=S) groups is 1. The Labute approximate surface area is 226 Å². The van der Waals surface area contributed by atoms with Gasteiger partial charge >= 0.3 is 0 Å². The van der Waals surface area contributed by atoms with E-state index in [9.17, 15) is 4.39 Å². The number of nitrogens with zero attached hydrogens (tertiary/aromatic N) is 4. The second-order valence-corrected chi connectivity index (χ2v) is 12.0. The molecule has 0 bridgehead atoms. The summed E-state index contributed by atoms with van der Waals surface area (Å²) >= 11 is 5.74. The molecular formula is C29H41FN6S. The highest BCUT2D eigenvalue weighted by atomic mass is 32.1. The first-order chi connectivity index (χ1) is 17.9. The maximum absolute atomic E-state index is 13.6. The third-order valence-electron chi connectivity index (χ3n) is 8.49. The van der Waals surface area contributed by atoms with Crippen molar-refractivity contribution in [1.29, 1.82) is 0 Å². The number of benzene rings is 1. The molecule has 1 saturated carbocycles. The SMILES string of the molecule is C[C@@H]1CCCN(c2cc(N3CCC[C@@H](C)C3)nc(NC(=S)NCC3(c4ccc(F)cc4)CCCC3)n2)C1. The minimum atomic E-state index is -0.193. The summed E-state index contributed by atoms with van der Waals surface area (Å²) in [6, 6.07) is 9.15. The summed E-state index contributed by atoms with van der Waals surface area (Å²) in [5.74, 6) is 3.66. The van der Waals surface area contributed by atoms with Crippen molar-refractivity contribution in [1.82, 2.24) is 15.3 Å². The minimum Gasteiger partial charge on any atom is -0.361 e. The van der Waals surface area contributed by atoms with Gasteiger partial charge in [0, 0.05) is 44.2 Å². The van der Waals surface area contributed by atoms with Gasteiger partial charge in [-0.3, -0.25) is 0 Å². The molecule has 2 N–H and O–H groups in total. The highest BCUT2D eigenvalue weighted by Crippen LogP contribution is 2.40. The summed E-state index contributed by atoms with van der Waals surface area (Å²) in [6.07, 6.45) is 9.42. The van der Waals surface area contributed by atoms with Gasteiger partial charge in [0.2, 0.25) is 5.95 Å². The Morgan fingerprint density at radius 2 is 1.51 bits per heavy atom. The Balaban J connectivity index is 1.32. The van der Waals surface area contributed by atoms with Crippen LogP contribution in [0.4, 0.5) is 22.0 Å². The third-order valence-corrected chi connectivity index (χ3v) is 8.74. The molecule has 0 spiro atoms. The topological polar surface area (TPSA) is 56.3 Å². The number of hydrogen-bond acceptors (Lipinski definition) is 5. The molecule has 2 aliphatic heterocycles. The first kappa shape index (κ1) is 26.1. The second-order valence-electron chi connectivity index (χ2n) is 11.6. The first-order valence-corrected chi connectivity index (χ1v) is 14.5. The number of piperidine rings is 2. The van der Waals surface area contributed by atoms with Crippen LogP contribution in [0.5, 0.6) is 0 Å². The lowest BCUT2D eigenvalue weighted by molar-refractivity contribution is 0.434. The number of rotatable bonds is 6. The highest BCUT2D eigenvalue weighted by molar-refractivity contribution is 7.80. The lowest BCUT2D eigenvalue weighted by Gasteiger charge is -2.35. The third kappa shape index (κ3) is 6.33. The van der Waals surface area contributed by atoms with Gasteiger partial charge in [-0.15, -0.1) is 0 Å². The van der Waals surface area contributed by atoms with Crippen molar-refractivity contribution >= 4 is 34.9 Å². The van der Waals surface area contributed by atoms with Gasteiger partial charge in [-0.25, -0.2) is 4.39 Å². The Morgan fingerprint density at radius 1 is 0.946 bits per heavy atom. The molecule has 3 fully saturated rings. The van der Waals surface area contributed by atoms with Gasteiger partial charge in [0.05, 0.1) is 0 Å². The number of aromatic nitrogens is 2. The molecule has 6 nitrogen and oxygen atoms in total. The fourth-order valence-electron chi connectivity index (χ4n) is 6.41. The smallest absolute Gasteiger partial charge is 0.232 e. The summed E-state index contributed by atoms with van der Waals surface area (Å²) in [5, 5.41) is 7.31. The van der Waals surface area contributed by atoms with Crippen molar-refractivity contribution in [2.24, 2.45) is 11.8 Å². The average molecular weight is 525 g/mol. The van der Waals surface area contributed by atoms with Crippen LogP contribution in [-0.2, 0) is 5.41 Å². The lowest BCUT2D eigenvalue weighted by Crippen LogP contribution is -2.41. The van der Waals surface area contributed by atoms with E-state index in [1.54, 1.807) is 12.1 Å². The Kier molecular flexibility index (Phi) is 8.12. The number of hydrogen-bond donors (Lipinski definition) is 2. The predicted molar refractivity (Wildman–Crippen MR) is 154 cm³/mol. The van der Waals surface area contributed by atoms with Crippen LogP contribution in [0.1, 0.15) is 70.8 Å². The van der Waals surface area contributed by atoms with Crippen molar-refractivity contribution in [3.05, 3.63) is 41.7 Å². The second kappa shape index (κ2) is 11.5. The first-order valence-electron chi connectivity index (χ1n) is 14.1. The fourth-order valence-corrected chi connectivity index (χ4v) is 6.58. The summed E-state index contributed by atoms with van der Waals surface area (Å²) in [6.45, 7) is 9.45. The summed E-state index contributed by atoms with van der Waals surface area (Å²) in [4.78, 5) is 14.6. The van der Waals surface area contributed by atoms with E-state index in [-0.39, 0.29) is 11.2 Å². The van der Waals surface area contributed by atoms with Crippen LogP contribution in [0, 0.1) is 17.7 Å². The Morgan fingerprint density at radius 3 is 2.05 bits per heavy atom. The van der Waals surface area contributed by atoms with Gasteiger partial charge < -0.3 is 20.4 Å². The molecule has 8 heteroatoms. The lowest BCUT2D eigenvalue weighted by atomic mass is 9.79. The molecule has 0 radical (unpaired) electrons. The van der Waals surface area contributed by atoms with Crippen molar-refractivity contribution in [3.8, 4) is 0 Å². The van der Waals surface area contributed by atoms with E-state index in [0.29, 0.717) is 29.4 Å². The summed E-state index contributed by atoms with van der Waals surface area (Å²) in [5.41, 5.74) is 1.15. The van der Waals surface area contributed by atoms with Crippen molar-refractivity contribution in [3.63, 3.8) is 0 Å². The maximum Gasteiger partial charge on any atom is 0.232 e. The van der Waals surface area contributed by atoms with Gasteiger partial charge in [0.25, 0.3) is 0 Å². The molecule has 1 aromatic heterocycles. The molecule has 3 heterocycles. The Bertz CT molecular complexity index is 1030. The normalized spacial score (nSPS) is 23.6. The molecule has 200 valence electrons. The van der Waals surface area contributed by atoms with E-state index >= 15 is 0 Å². The summed E-state index contributed by atoms with van der Waals surface area (Å²) < 4.78 is 13.6. The van der Waals surface area contributed by atoms with Crippen molar-refractivity contribution in [2.75, 3.05) is 47.8 Å². The van der Waals surface area contributed by atoms with Crippen molar-refractivity contribution < 1.29 is 4.39 Å². The van der Waals surface area contributed by atoms with E-state index in [1.165, 1.54) is 44.1 Å². The van der Waals surface area contributed by atoms with Gasteiger partial charge in [-0.2, -0.15) is 9.97 Å². The standard InChI is InChI=1S/C29H41FN6S/c1-21-7-5-15-35(18-21)25-17-26(36-16-6-8-22(2)19-36)33-27(32-25)34-28(37)31-20-29(13-3-4-14-29)23-9-11-24(30)12-10-23/h9-12,17,21-22H,3-8,13-16,18-20H2,1-2H3,(H2,31,32,33,34,37)/t21-,22-/m1/s1. The fraction of sp³-hybridized carbons (Fsp3) is 0.621. The molecule has 2 aromatic rings. The molecule has 3 aliphatic rings. The molecule has 2 atom stereocenters. The monoisotopic (exact) mass is 524 g/mol. The maximum atomic E-state index is 13.6. The van der Waals surface area contributed by atoms with Gasteiger partial charge in [-0.05, 0) is 80.3 Å². The van der Waals surface area contributed by atoms with Gasteiger partial charge in [-0.1, -0.05) is 38.8 Å². The van der Waals surface area contributed by atoms with Crippen LogP contribution in [0.15, 0.2) is 30.3 Å². The molecule has 1 aliphatic carbocycles. The zero-order valence-electron chi connectivity index (χ0n) is 22.3. The minimum absolute atomic E-state index is 0.0266.